The zero-order valence-corrected chi connectivity index (χ0v) is 10.8. The zero-order valence-electron chi connectivity index (χ0n) is 9.25. The van der Waals surface area contributed by atoms with E-state index in [4.69, 9.17) is 0 Å². The van der Waals surface area contributed by atoms with E-state index in [1.165, 1.54) is 30.6 Å². The third kappa shape index (κ3) is 3.05. The highest BCUT2D eigenvalue weighted by atomic mass is 79.9. The first-order valence-electron chi connectivity index (χ1n) is 5.62. The Kier molecular flexibility index (Phi) is 3.81. The Morgan fingerprint density at radius 3 is 2.67 bits per heavy atom. The summed E-state index contributed by atoms with van der Waals surface area (Å²) in [5.74, 6) is 0.857. The van der Waals surface area contributed by atoms with Gasteiger partial charge in [-0.1, -0.05) is 45.8 Å². The van der Waals surface area contributed by atoms with Gasteiger partial charge < -0.3 is 0 Å². The summed E-state index contributed by atoms with van der Waals surface area (Å²) in [6.45, 7) is 5.76. The van der Waals surface area contributed by atoms with Gasteiger partial charge in [-0.15, -0.1) is 0 Å². The normalized spacial score (nSPS) is 22.1. The van der Waals surface area contributed by atoms with Gasteiger partial charge in [-0.2, -0.15) is 0 Å². The van der Waals surface area contributed by atoms with Gasteiger partial charge in [0.2, 0.25) is 0 Å². The molecule has 0 radical (unpaired) electrons. The largest absolute Gasteiger partial charge is 0.299 e. The summed E-state index contributed by atoms with van der Waals surface area (Å²) < 4.78 is 0. The van der Waals surface area contributed by atoms with Crippen molar-refractivity contribution < 1.29 is 0 Å². The predicted molar refractivity (Wildman–Crippen MR) is 68.4 cm³/mol. The lowest BCUT2D eigenvalue weighted by atomic mass is 10.1. The molecule has 1 aliphatic rings. The van der Waals surface area contributed by atoms with Crippen molar-refractivity contribution in [3.05, 3.63) is 35.4 Å². The maximum atomic E-state index is 3.57. The van der Waals surface area contributed by atoms with Crippen LogP contribution in [0.15, 0.2) is 24.3 Å². The standard InChI is InChI=1S/C13H18BrN/c1-11-2-4-12(5-3-11)9-15-7-6-13(8-14)10-15/h2-5,13H,6-10H2,1H3. The van der Waals surface area contributed by atoms with E-state index in [0.29, 0.717) is 0 Å². The molecule has 1 aliphatic heterocycles. The molecule has 1 heterocycles. The second-order valence-corrected chi connectivity index (χ2v) is 5.18. The van der Waals surface area contributed by atoms with Crippen LogP contribution in [0.1, 0.15) is 17.5 Å². The smallest absolute Gasteiger partial charge is 0.0233 e. The first-order chi connectivity index (χ1) is 7.28. The maximum Gasteiger partial charge on any atom is 0.0233 e. The molecule has 1 nitrogen and oxygen atoms in total. The average Bonchev–Trinajstić information content (AvgIpc) is 2.69. The Hall–Kier alpha value is -0.340. The summed E-state index contributed by atoms with van der Waals surface area (Å²) in [5.41, 5.74) is 2.79. The molecule has 1 aromatic rings. The van der Waals surface area contributed by atoms with Crippen LogP contribution in [0.25, 0.3) is 0 Å². The van der Waals surface area contributed by atoms with E-state index >= 15 is 0 Å². The summed E-state index contributed by atoms with van der Waals surface area (Å²) in [4.78, 5) is 2.55. The molecule has 1 saturated heterocycles. The minimum atomic E-state index is 0.857. The van der Waals surface area contributed by atoms with E-state index in [9.17, 15) is 0 Å². The fraction of sp³-hybridized carbons (Fsp3) is 0.538. The van der Waals surface area contributed by atoms with Crippen LogP contribution in [0.2, 0.25) is 0 Å². The van der Waals surface area contributed by atoms with Crippen LogP contribution in [0.5, 0.6) is 0 Å². The van der Waals surface area contributed by atoms with Crippen molar-refractivity contribution in [1.29, 1.82) is 0 Å². The average molecular weight is 268 g/mol. The molecular weight excluding hydrogens is 250 g/mol. The lowest BCUT2D eigenvalue weighted by molar-refractivity contribution is 0.321. The number of benzene rings is 1. The molecule has 0 spiro atoms. The van der Waals surface area contributed by atoms with Crippen LogP contribution in [0.3, 0.4) is 0 Å². The Bertz CT molecular complexity index is 307. The minimum Gasteiger partial charge on any atom is -0.299 e. The molecule has 0 amide bonds. The van der Waals surface area contributed by atoms with Gasteiger partial charge in [-0.3, -0.25) is 4.90 Å². The Morgan fingerprint density at radius 1 is 1.33 bits per heavy atom. The lowest BCUT2D eigenvalue weighted by Crippen LogP contribution is -2.20. The molecule has 1 aromatic carbocycles. The van der Waals surface area contributed by atoms with Gasteiger partial charge in [0.05, 0.1) is 0 Å². The zero-order chi connectivity index (χ0) is 10.7. The number of nitrogens with zero attached hydrogens (tertiary/aromatic N) is 1. The first kappa shape index (κ1) is 11.2. The third-order valence-electron chi connectivity index (χ3n) is 3.11. The van der Waals surface area contributed by atoms with Gasteiger partial charge in [-0.25, -0.2) is 0 Å². The van der Waals surface area contributed by atoms with Crippen molar-refractivity contribution in [2.75, 3.05) is 18.4 Å². The van der Waals surface area contributed by atoms with E-state index in [1.54, 1.807) is 0 Å². The lowest BCUT2D eigenvalue weighted by Gasteiger charge is -2.15. The van der Waals surface area contributed by atoms with Crippen LogP contribution >= 0.6 is 15.9 Å². The second kappa shape index (κ2) is 5.13. The highest BCUT2D eigenvalue weighted by Crippen LogP contribution is 2.20. The summed E-state index contributed by atoms with van der Waals surface area (Å²) in [7, 11) is 0. The highest BCUT2D eigenvalue weighted by Gasteiger charge is 2.20. The first-order valence-corrected chi connectivity index (χ1v) is 6.74. The predicted octanol–water partition coefficient (Wildman–Crippen LogP) is 3.21. The van der Waals surface area contributed by atoms with Gasteiger partial charge in [0, 0.05) is 18.4 Å². The molecule has 0 bridgehead atoms. The second-order valence-electron chi connectivity index (χ2n) is 4.53. The molecule has 2 rings (SSSR count). The summed E-state index contributed by atoms with van der Waals surface area (Å²) in [5, 5.41) is 1.15. The molecule has 0 N–H and O–H groups in total. The molecule has 2 heteroatoms. The number of rotatable bonds is 3. The molecule has 15 heavy (non-hydrogen) atoms. The molecule has 0 aromatic heterocycles. The monoisotopic (exact) mass is 267 g/mol. The van der Waals surface area contributed by atoms with Crippen LogP contribution in [0.4, 0.5) is 0 Å². The molecule has 0 aliphatic carbocycles. The SMILES string of the molecule is Cc1ccc(CN2CCC(CBr)C2)cc1. The number of aryl methyl sites for hydroxylation is 1. The number of likely N-dealkylation sites (tertiary alicyclic amines) is 1. The maximum absolute atomic E-state index is 3.57. The van der Waals surface area contributed by atoms with Crippen molar-refractivity contribution in [1.82, 2.24) is 4.90 Å². The summed E-state index contributed by atoms with van der Waals surface area (Å²) in [6, 6.07) is 8.90. The summed E-state index contributed by atoms with van der Waals surface area (Å²) >= 11 is 3.57. The topological polar surface area (TPSA) is 3.24 Å². The van der Waals surface area contributed by atoms with E-state index in [2.05, 4.69) is 52.0 Å². The fourth-order valence-electron chi connectivity index (χ4n) is 2.13. The molecule has 0 saturated carbocycles. The number of alkyl halides is 1. The van der Waals surface area contributed by atoms with E-state index < -0.39 is 0 Å². The number of hydrogen-bond acceptors (Lipinski definition) is 1. The quantitative estimate of drug-likeness (QED) is 0.761. The van der Waals surface area contributed by atoms with Gasteiger partial charge in [0.25, 0.3) is 0 Å². The van der Waals surface area contributed by atoms with Crippen molar-refractivity contribution >= 4 is 15.9 Å². The Labute approximate surface area is 101 Å². The van der Waals surface area contributed by atoms with Crippen molar-refractivity contribution in [2.24, 2.45) is 5.92 Å². The van der Waals surface area contributed by atoms with Crippen LogP contribution < -0.4 is 0 Å². The van der Waals surface area contributed by atoms with Gasteiger partial charge in [0.15, 0.2) is 0 Å². The van der Waals surface area contributed by atoms with Crippen molar-refractivity contribution in [3.8, 4) is 0 Å². The Morgan fingerprint density at radius 2 is 2.07 bits per heavy atom. The van der Waals surface area contributed by atoms with Crippen molar-refractivity contribution in [3.63, 3.8) is 0 Å². The molecule has 1 unspecified atom stereocenters. The summed E-state index contributed by atoms with van der Waals surface area (Å²) in [6.07, 6.45) is 1.34. The molecule has 1 atom stereocenters. The number of halogens is 1. The van der Waals surface area contributed by atoms with E-state index in [-0.39, 0.29) is 0 Å². The fourth-order valence-corrected chi connectivity index (χ4v) is 2.66. The third-order valence-corrected chi connectivity index (χ3v) is 4.03. The van der Waals surface area contributed by atoms with E-state index in [0.717, 1.165) is 17.8 Å². The van der Waals surface area contributed by atoms with Gasteiger partial charge >= 0.3 is 0 Å². The van der Waals surface area contributed by atoms with Gasteiger partial charge in [-0.05, 0) is 31.4 Å². The van der Waals surface area contributed by atoms with Crippen LogP contribution in [-0.4, -0.2) is 23.3 Å². The minimum absolute atomic E-state index is 0.857. The Balaban J connectivity index is 1.90. The van der Waals surface area contributed by atoms with E-state index in [1.807, 2.05) is 0 Å². The van der Waals surface area contributed by atoms with Crippen molar-refractivity contribution in [2.45, 2.75) is 19.9 Å². The number of hydrogen-bond donors (Lipinski definition) is 0. The van der Waals surface area contributed by atoms with Crippen LogP contribution in [0, 0.1) is 12.8 Å². The molecular formula is C13H18BrN. The van der Waals surface area contributed by atoms with Gasteiger partial charge in [0.1, 0.15) is 0 Å². The molecule has 82 valence electrons. The molecule has 1 fully saturated rings. The highest BCUT2D eigenvalue weighted by molar-refractivity contribution is 9.09. The van der Waals surface area contributed by atoms with Crippen LogP contribution in [-0.2, 0) is 6.54 Å².